The summed E-state index contributed by atoms with van der Waals surface area (Å²) < 4.78 is 0. The average Bonchev–Trinajstić information content (AvgIpc) is 3.13. The number of carbonyl (C=O) groups is 4. The van der Waals surface area contributed by atoms with Gasteiger partial charge in [-0.25, -0.2) is 9.59 Å². The number of hydrogen-bond donors (Lipinski definition) is 6. The number of aromatic carboxylic acids is 2. The summed E-state index contributed by atoms with van der Waals surface area (Å²) in [6, 6.07) is 0. The highest BCUT2D eigenvalue weighted by atomic mass is 16.4. The summed E-state index contributed by atoms with van der Waals surface area (Å²) in [6.07, 6.45) is 0.933. The van der Waals surface area contributed by atoms with Gasteiger partial charge < -0.3 is 30.4 Å². The zero-order valence-electron chi connectivity index (χ0n) is 16.7. The normalized spacial score (nSPS) is 10.9. The Hall–Kier alpha value is -3.56. The molecule has 2 rings (SSSR count). The number of H-pyrrole nitrogens is 2. The molecule has 0 atom stereocenters. The SMILES string of the molecule is Cc1c(C(=O)O)[nH]c(-c2[nH]c(C(=O)O)c(C)c2CCCC(=O)O)c1CCCC(=O)O. The first-order valence-corrected chi connectivity index (χ1v) is 9.38. The average molecular weight is 420 g/mol. The molecular formula is C20H24N2O8. The fourth-order valence-corrected chi connectivity index (χ4v) is 3.58. The summed E-state index contributed by atoms with van der Waals surface area (Å²) in [4.78, 5) is 50.7. The van der Waals surface area contributed by atoms with Crippen LogP contribution in [0.4, 0.5) is 0 Å². The Bertz CT molecular complexity index is 919. The van der Waals surface area contributed by atoms with Gasteiger partial charge in [-0.3, -0.25) is 9.59 Å². The minimum absolute atomic E-state index is 0.0593. The third-order valence-corrected chi connectivity index (χ3v) is 5.07. The van der Waals surface area contributed by atoms with E-state index in [0.717, 1.165) is 0 Å². The minimum atomic E-state index is -1.19. The van der Waals surface area contributed by atoms with E-state index in [4.69, 9.17) is 10.2 Å². The lowest BCUT2D eigenvalue weighted by atomic mass is 9.97. The molecule has 0 aliphatic rings. The second kappa shape index (κ2) is 9.29. The van der Waals surface area contributed by atoms with Gasteiger partial charge in [0.1, 0.15) is 11.4 Å². The Morgan fingerprint density at radius 2 is 1.00 bits per heavy atom. The fourth-order valence-electron chi connectivity index (χ4n) is 3.58. The molecule has 0 amide bonds. The Kier molecular flexibility index (Phi) is 7.04. The molecule has 10 nitrogen and oxygen atoms in total. The van der Waals surface area contributed by atoms with Crippen LogP contribution in [-0.4, -0.2) is 54.3 Å². The van der Waals surface area contributed by atoms with Gasteiger partial charge in [0.2, 0.25) is 0 Å². The third-order valence-electron chi connectivity index (χ3n) is 5.07. The summed E-state index contributed by atoms with van der Waals surface area (Å²) in [5, 5.41) is 36.8. The van der Waals surface area contributed by atoms with E-state index < -0.39 is 23.9 Å². The molecule has 0 radical (unpaired) electrons. The van der Waals surface area contributed by atoms with Crippen LogP contribution >= 0.6 is 0 Å². The monoisotopic (exact) mass is 420 g/mol. The van der Waals surface area contributed by atoms with Crippen LogP contribution in [0.15, 0.2) is 0 Å². The van der Waals surface area contributed by atoms with Gasteiger partial charge in [-0.2, -0.15) is 0 Å². The number of aromatic nitrogens is 2. The second-order valence-electron chi connectivity index (χ2n) is 7.06. The van der Waals surface area contributed by atoms with E-state index in [1.807, 2.05) is 0 Å². The van der Waals surface area contributed by atoms with Crippen molar-refractivity contribution in [2.24, 2.45) is 0 Å². The number of carboxylic acids is 4. The van der Waals surface area contributed by atoms with Gasteiger partial charge in [0.05, 0.1) is 11.4 Å². The molecule has 162 valence electrons. The molecule has 2 heterocycles. The second-order valence-corrected chi connectivity index (χ2v) is 7.06. The van der Waals surface area contributed by atoms with Crippen molar-refractivity contribution in [3.8, 4) is 11.4 Å². The maximum atomic E-state index is 11.6. The first-order chi connectivity index (χ1) is 14.0. The number of aromatic amines is 2. The highest BCUT2D eigenvalue weighted by Gasteiger charge is 2.26. The molecule has 0 bridgehead atoms. The molecular weight excluding hydrogens is 396 g/mol. The van der Waals surface area contributed by atoms with Crippen molar-refractivity contribution in [3.05, 3.63) is 33.6 Å². The van der Waals surface area contributed by atoms with Gasteiger partial charge in [-0.1, -0.05) is 0 Å². The van der Waals surface area contributed by atoms with Gasteiger partial charge >= 0.3 is 23.9 Å². The topological polar surface area (TPSA) is 181 Å². The van der Waals surface area contributed by atoms with Crippen LogP contribution in [0.1, 0.15) is 68.9 Å². The first-order valence-electron chi connectivity index (χ1n) is 9.38. The smallest absolute Gasteiger partial charge is 0.352 e. The van der Waals surface area contributed by atoms with Crippen molar-refractivity contribution in [3.63, 3.8) is 0 Å². The van der Waals surface area contributed by atoms with Gasteiger partial charge in [0.25, 0.3) is 0 Å². The number of carboxylic acid groups (broad SMARTS) is 4. The molecule has 0 unspecified atom stereocenters. The van der Waals surface area contributed by atoms with Crippen LogP contribution in [0, 0.1) is 13.8 Å². The van der Waals surface area contributed by atoms with Crippen LogP contribution in [0.5, 0.6) is 0 Å². The van der Waals surface area contributed by atoms with E-state index in [1.54, 1.807) is 13.8 Å². The zero-order chi connectivity index (χ0) is 22.6. The Morgan fingerprint density at radius 1 is 0.667 bits per heavy atom. The van der Waals surface area contributed by atoms with E-state index in [2.05, 4.69) is 9.97 Å². The lowest BCUT2D eigenvalue weighted by Crippen LogP contribution is -2.00. The zero-order valence-corrected chi connectivity index (χ0v) is 16.7. The van der Waals surface area contributed by atoms with E-state index in [9.17, 15) is 29.4 Å². The van der Waals surface area contributed by atoms with Crippen LogP contribution in [0.3, 0.4) is 0 Å². The maximum Gasteiger partial charge on any atom is 0.352 e. The van der Waals surface area contributed by atoms with Crippen LogP contribution < -0.4 is 0 Å². The molecule has 10 heteroatoms. The van der Waals surface area contributed by atoms with Crippen LogP contribution in [-0.2, 0) is 22.4 Å². The molecule has 0 fully saturated rings. The molecule has 0 saturated carbocycles. The Morgan fingerprint density at radius 3 is 1.27 bits per heavy atom. The Balaban J connectivity index is 2.59. The fraction of sp³-hybridized carbons (Fsp3) is 0.400. The molecule has 30 heavy (non-hydrogen) atoms. The molecule has 2 aromatic rings. The van der Waals surface area contributed by atoms with E-state index in [-0.39, 0.29) is 49.9 Å². The highest BCUT2D eigenvalue weighted by molar-refractivity contribution is 5.92. The maximum absolute atomic E-state index is 11.6. The summed E-state index contributed by atoms with van der Waals surface area (Å²) in [5.41, 5.74) is 2.73. The van der Waals surface area contributed by atoms with Gasteiger partial charge in [0, 0.05) is 12.8 Å². The van der Waals surface area contributed by atoms with E-state index in [0.29, 0.717) is 33.6 Å². The Labute approximate surface area is 171 Å². The molecule has 0 spiro atoms. The van der Waals surface area contributed by atoms with Crippen LogP contribution in [0.25, 0.3) is 11.4 Å². The summed E-state index contributed by atoms with van der Waals surface area (Å²) in [5.74, 6) is -4.32. The van der Waals surface area contributed by atoms with Crippen molar-refractivity contribution in [1.82, 2.24) is 9.97 Å². The van der Waals surface area contributed by atoms with Crippen LogP contribution in [0.2, 0.25) is 0 Å². The first kappa shape index (κ1) is 22.7. The molecule has 6 N–H and O–H groups in total. The molecule has 0 aliphatic heterocycles. The largest absolute Gasteiger partial charge is 0.481 e. The number of rotatable bonds is 11. The lowest BCUT2D eigenvalue weighted by molar-refractivity contribution is -0.138. The number of aliphatic carboxylic acids is 2. The van der Waals surface area contributed by atoms with Gasteiger partial charge in [-0.05, 0) is 61.8 Å². The summed E-state index contributed by atoms with van der Waals surface area (Å²) in [7, 11) is 0. The number of nitrogens with one attached hydrogen (secondary N) is 2. The minimum Gasteiger partial charge on any atom is -0.481 e. The quantitative estimate of drug-likeness (QED) is 0.321. The summed E-state index contributed by atoms with van der Waals surface area (Å²) >= 11 is 0. The van der Waals surface area contributed by atoms with E-state index >= 15 is 0 Å². The molecule has 0 aromatic carbocycles. The van der Waals surface area contributed by atoms with E-state index in [1.165, 1.54) is 0 Å². The molecule has 0 aliphatic carbocycles. The van der Waals surface area contributed by atoms with Crippen molar-refractivity contribution in [2.75, 3.05) is 0 Å². The van der Waals surface area contributed by atoms with Crippen molar-refractivity contribution in [1.29, 1.82) is 0 Å². The lowest BCUT2D eigenvalue weighted by Gasteiger charge is -2.08. The van der Waals surface area contributed by atoms with Gasteiger partial charge in [-0.15, -0.1) is 0 Å². The number of hydrogen-bond acceptors (Lipinski definition) is 4. The van der Waals surface area contributed by atoms with Crippen molar-refractivity contribution < 1.29 is 39.6 Å². The summed E-state index contributed by atoms with van der Waals surface area (Å²) in [6.45, 7) is 3.22. The third kappa shape index (κ3) is 4.88. The predicted octanol–water partition coefficient (Wildman–Crippen LogP) is 2.84. The predicted molar refractivity (Wildman–Crippen MR) is 105 cm³/mol. The van der Waals surface area contributed by atoms with Gasteiger partial charge in [0.15, 0.2) is 0 Å². The van der Waals surface area contributed by atoms with Crippen molar-refractivity contribution in [2.45, 2.75) is 52.4 Å². The highest BCUT2D eigenvalue weighted by Crippen LogP contribution is 2.34. The van der Waals surface area contributed by atoms with Crippen molar-refractivity contribution >= 4 is 23.9 Å². The standard InChI is InChI=1S/C20H24N2O8/c1-9-11(5-3-7-13(23)24)17(21-15(9)19(27)28)18-12(6-4-8-14(25)26)10(2)16(22-18)20(29)30/h21-22H,3-8H2,1-2H3,(H,23,24)(H,25,26)(H,27,28)(H,29,30). The molecule has 0 saturated heterocycles. The molecule has 2 aromatic heterocycles.